The second kappa shape index (κ2) is 3.71. The van der Waals surface area contributed by atoms with Crippen LogP contribution in [0.3, 0.4) is 0 Å². The lowest BCUT2D eigenvalue weighted by Crippen LogP contribution is -2.50. The molecule has 1 unspecified atom stereocenters. The summed E-state index contributed by atoms with van der Waals surface area (Å²) in [5, 5.41) is 11.0. The summed E-state index contributed by atoms with van der Waals surface area (Å²) in [5.41, 5.74) is -0.0000694. The second-order valence-corrected chi connectivity index (χ2v) is 7.52. The molecule has 1 saturated heterocycles. The largest absolute Gasteiger partial charge is 0.389 e. The molecule has 2 fully saturated rings. The van der Waals surface area contributed by atoms with Gasteiger partial charge in [0.25, 0.3) is 0 Å². The average Bonchev–Trinajstić information content (AvgIpc) is 2.46. The van der Waals surface area contributed by atoms with Gasteiger partial charge >= 0.3 is 0 Å². The molecular weight excluding hydrogens is 200 g/mol. The Balaban J connectivity index is 2.19. The van der Waals surface area contributed by atoms with E-state index in [-0.39, 0.29) is 10.8 Å². The van der Waals surface area contributed by atoms with E-state index >= 15 is 0 Å². The highest BCUT2D eigenvalue weighted by Crippen LogP contribution is 2.53. The number of aliphatic hydroxyl groups is 1. The highest BCUT2D eigenvalue weighted by Gasteiger charge is 2.50. The molecule has 2 nitrogen and oxygen atoms in total. The molecule has 16 heavy (non-hydrogen) atoms. The van der Waals surface area contributed by atoms with Crippen molar-refractivity contribution < 1.29 is 9.84 Å². The Morgan fingerprint density at radius 2 is 1.56 bits per heavy atom. The molecule has 1 atom stereocenters. The Morgan fingerprint density at radius 1 is 1.00 bits per heavy atom. The van der Waals surface area contributed by atoms with Crippen LogP contribution in [0.1, 0.15) is 53.4 Å². The number of rotatable bonds is 1. The fourth-order valence-electron chi connectivity index (χ4n) is 4.39. The van der Waals surface area contributed by atoms with E-state index in [1.807, 2.05) is 0 Å². The Bertz CT molecular complexity index is 246. The van der Waals surface area contributed by atoms with E-state index in [1.165, 1.54) is 6.42 Å². The van der Waals surface area contributed by atoms with E-state index in [2.05, 4.69) is 27.7 Å². The van der Waals surface area contributed by atoms with E-state index < -0.39 is 5.60 Å². The van der Waals surface area contributed by atoms with Crippen molar-refractivity contribution in [2.75, 3.05) is 13.2 Å². The van der Waals surface area contributed by atoms with Crippen molar-refractivity contribution in [3.8, 4) is 0 Å². The van der Waals surface area contributed by atoms with Crippen LogP contribution < -0.4 is 0 Å². The molecule has 0 amide bonds. The molecule has 1 aliphatic heterocycles. The van der Waals surface area contributed by atoms with Gasteiger partial charge < -0.3 is 9.84 Å². The zero-order valence-electron chi connectivity index (χ0n) is 11.2. The first-order valence-corrected chi connectivity index (χ1v) is 6.53. The molecule has 2 aliphatic rings. The third kappa shape index (κ3) is 2.43. The summed E-state index contributed by atoms with van der Waals surface area (Å²) < 4.78 is 5.45. The first kappa shape index (κ1) is 12.4. The molecule has 0 aromatic rings. The van der Waals surface area contributed by atoms with Gasteiger partial charge in [0.2, 0.25) is 0 Å². The molecule has 1 N–H and O–H groups in total. The summed E-state index contributed by atoms with van der Waals surface area (Å²) in [6.45, 7) is 10.7. The number of hydrogen-bond acceptors (Lipinski definition) is 2. The zero-order valence-corrected chi connectivity index (χ0v) is 11.2. The maximum Gasteiger partial charge on any atom is 0.0708 e. The standard InChI is InChI=1S/C14H26O2/c1-12(2)8-13(3,4)10-14(15,9-12)11-5-6-16-7-11/h11,15H,5-10H2,1-4H3. The minimum atomic E-state index is -0.498. The van der Waals surface area contributed by atoms with Crippen molar-refractivity contribution in [1.82, 2.24) is 0 Å². The van der Waals surface area contributed by atoms with Crippen molar-refractivity contribution in [2.24, 2.45) is 16.7 Å². The average molecular weight is 226 g/mol. The fourth-order valence-corrected chi connectivity index (χ4v) is 4.39. The van der Waals surface area contributed by atoms with Gasteiger partial charge in [-0.05, 0) is 36.5 Å². The van der Waals surface area contributed by atoms with Gasteiger partial charge in [-0.2, -0.15) is 0 Å². The van der Waals surface area contributed by atoms with Crippen LogP contribution in [0.2, 0.25) is 0 Å². The van der Waals surface area contributed by atoms with Crippen molar-refractivity contribution >= 4 is 0 Å². The third-order valence-electron chi connectivity index (χ3n) is 4.22. The first-order valence-electron chi connectivity index (χ1n) is 6.53. The van der Waals surface area contributed by atoms with Crippen LogP contribution in [0.4, 0.5) is 0 Å². The summed E-state index contributed by atoms with van der Waals surface area (Å²) in [4.78, 5) is 0. The maximum atomic E-state index is 11.0. The van der Waals surface area contributed by atoms with Crippen LogP contribution in [-0.2, 0) is 4.74 Å². The van der Waals surface area contributed by atoms with Gasteiger partial charge in [-0.1, -0.05) is 27.7 Å². The minimum Gasteiger partial charge on any atom is -0.389 e. The molecule has 2 rings (SSSR count). The van der Waals surface area contributed by atoms with E-state index in [0.29, 0.717) is 5.92 Å². The summed E-state index contributed by atoms with van der Waals surface area (Å²) in [5.74, 6) is 0.353. The first-order chi connectivity index (χ1) is 7.23. The van der Waals surface area contributed by atoms with Crippen LogP contribution in [0.25, 0.3) is 0 Å². The SMILES string of the molecule is CC1(C)CC(C)(C)CC(O)(C2CCOC2)C1. The van der Waals surface area contributed by atoms with Crippen LogP contribution in [0.5, 0.6) is 0 Å². The van der Waals surface area contributed by atoms with Gasteiger partial charge in [-0.3, -0.25) is 0 Å². The number of hydrogen-bond donors (Lipinski definition) is 1. The summed E-state index contributed by atoms with van der Waals surface area (Å²) in [6.07, 6.45) is 4.09. The molecule has 0 aromatic carbocycles. The van der Waals surface area contributed by atoms with Crippen LogP contribution >= 0.6 is 0 Å². The van der Waals surface area contributed by atoms with Crippen molar-refractivity contribution in [3.05, 3.63) is 0 Å². The molecule has 1 heterocycles. The third-order valence-corrected chi connectivity index (χ3v) is 4.22. The van der Waals surface area contributed by atoms with Crippen LogP contribution in [0.15, 0.2) is 0 Å². The molecule has 0 bridgehead atoms. The monoisotopic (exact) mass is 226 g/mol. The highest BCUT2D eigenvalue weighted by atomic mass is 16.5. The predicted molar refractivity (Wildman–Crippen MR) is 65.3 cm³/mol. The normalized spacial score (nSPS) is 36.2. The Kier molecular flexibility index (Phi) is 2.87. The lowest BCUT2D eigenvalue weighted by Gasteiger charge is -2.51. The second-order valence-electron chi connectivity index (χ2n) is 7.52. The Labute approximate surface area is 99.4 Å². The van der Waals surface area contributed by atoms with Crippen LogP contribution in [0, 0.1) is 16.7 Å². The van der Waals surface area contributed by atoms with E-state index in [4.69, 9.17) is 4.74 Å². The lowest BCUT2D eigenvalue weighted by atomic mass is 9.57. The van der Waals surface area contributed by atoms with Crippen molar-refractivity contribution in [2.45, 2.75) is 59.0 Å². The molecule has 94 valence electrons. The molecule has 0 aromatic heterocycles. The van der Waals surface area contributed by atoms with Gasteiger partial charge in [0.05, 0.1) is 12.2 Å². The molecule has 1 saturated carbocycles. The molecular formula is C14H26O2. The molecule has 0 spiro atoms. The topological polar surface area (TPSA) is 29.5 Å². The van der Waals surface area contributed by atoms with Gasteiger partial charge in [-0.25, -0.2) is 0 Å². The van der Waals surface area contributed by atoms with E-state index in [9.17, 15) is 5.11 Å². The zero-order chi connectivity index (χ0) is 12.0. The van der Waals surface area contributed by atoms with Gasteiger partial charge in [0.1, 0.15) is 0 Å². The van der Waals surface area contributed by atoms with E-state index in [1.54, 1.807) is 0 Å². The summed E-state index contributed by atoms with van der Waals surface area (Å²) in [7, 11) is 0. The van der Waals surface area contributed by atoms with E-state index in [0.717, 1.165) is 32.5 Å². The molecule has 2 heteroatoms. The fraction of sp³-hybridized carbons (Fsp3) is 1.00. The van der Waals surface area contributed by atoms with Gasteiger partial charge in [0, 0.05) is 12.5 Å². The maximum absolute atomic E-state index is 11.0. The highest BCUT2D eigenvalue weighted by molar-refractivity contribution is 5.01. The quantitative estimate of drug-likeness (QED) is 0.745. The summed E-state index contributed by atoms with van der Waals surface area (Å²) >= 11 is 0. The van der Waals surface area contributed by atoms with Crippen molar-refractivity contribution in [3.63, 3.8) is 0 Å². The molecule has 0 radical (unpaired) electrons. The predicted octanol–water partition coefficient (Wildman–Crippen LogP) is 2.99. The summed E-state index contributed by atoms with van der Waals surface area (Å²) in [6, 6.07) is 0. The van der Waals surface area contributed by atoms with Crippen LogP contribution in [-0.4, -0.2) is 23.9 Å². The van der Waals surface area contributed by atoms with Gasteiger partial charge in [-0.15, -0.1) is 0 Å². The Hall–Kier alpha value is -0.0800. The molecule has 1 aliphatic carbocycles. The lowest BCUT2D eigenvalue weighted by molar-refractivity contribution is -0.121. The van der Waals surface area contributed by atoms with Crippen molar-refractivity contribution in [1.29, 1.82) is 0 Å². The smallest absolute Gasteiger partial charge is 0.0708 e. The van der Waals surface area contributed by atoms with Gasteiger partial charge in [0.15, 0.2) is 0 Å². The Morgan fingerprint density at radius 3 is 2.00 bits per heavy atom. The number of ether oxygens (including phenoxy) is 1. The minimum absolute atomic E-state index is 0.249.